The van der Waals surface area contributed by atoms with Crippen molar-refractivity contribution in [3.05, 3.63) is 94.8 Å². The van der Waals surface area contributed by atoms with Gasteiger partial charge in [0.1, 0.15) is 0 Å². The lowest BCUT2D eigenvalue weighted by atomic mass is 9.58. The van der Waals surface area contributed by atoms with Crippen LogP contribution in [0.15, 0.2) is 66.9 Å². The Morgan fingerprint density at radius 2 is 1.86 bits per heavy atom. The van der Waals surface area contributed by atoms with E-state index in [0.29, 0.717) is 23.4 Å². The van der Waals surface area contributed by atoms with Gasteiger partial charge in [-0.3, -0.25) is 9.78 Å². The minimum Gasteiger partial charge on any atom is -0.381 e. The van der Waals surface area contributed by atoms with E-state index in [1.807, 2.05) is 49.4 Å². The number of carbonyl (C=O) groups is 1. The number of pyridine rings is 1. The third kappa shape index (κ3) is 5.57. The number of amides is 1. The normalized spacial score (nSPS) is 21.1. The molecule has 3 atom stereocenters. The van der Waals surface area contributed by atoms with E-state index in [0.717, 1.165) is 36.5 Å². The molecule has 0 saturated carbocycles. The van der Waals surface area contributed by atoms with Gasteiger partial charge in [0.2, 0.25) is 0 Å². The minimum absolute atomic E-state index is 0.0851. The van der Waals surface area contributed by atoms with Gasteiger partial charge < -0.3 is 10.4 Å². The van der Waals surface area contributed by atoms with Gasteiger partial charge in [-0.2, -0.15) is 13.2 Å². The van der Waals surface area contributed by atoms with E-state index in [1.54, 1.807) is 24.4 Å². The highest BCUT2D eigenvalue weighted by atomic mass is 19.4. The third-order valence-electron chi connectivity index (χ3n) is 7.98. The molecule has 4 rings (SSSR count). The Labute approximate surface area is 216 Å². The van der Waals surface area contributed by atoms with Crippen LogP contribution in [-0.4, -0.2) is 27.8 Å². The van der Waals surface area contributed by atoms with Crippen LogP contribution in [0.25, 0.3) is 0 Å². The first-order valence-electron chi connectivity index (χ1n) is 12.6. The Morgan fingerprint density at radius 3 is 2.54 bits per heavy atom. The van der Waals surface area contributed by atoms with Gasteiger partial charge in [-0.25, -0.2) is 0 Å². The summed E-state index contributed by atoms with van der Waals surface area (Å²) in [7, 11) is 0. The van der Waals surface area contributed by atoms with Gasteiger partial charge in [0, 0.05) is 17.2 Å². The molecule has 1 aliphatic carbocycles. The summed E-state index contributed by atoms with van der Waals surface area (Å²) in [5.74, 6) is -0.173. The molecule has 0 fully saturated rings. The average molecular weight is 511 g/mol. The van der Waals surface area contributed by atoms with E-state index in [2.05, 4.69) is 17.2 Å². The number of hydrogen-bond donors (Lipinski definition) is 2. The van der Waals surface area contributed by atoms with Crippen LogP contribution in [-0.2, 0) is 18.3 Å². The van der Waals surface area contributed by atoms with Crippen molar-refractivity contribution < 1.29 is 23.1 Å². The van der Waals surface area contributed by atoms with E-state index < -0.39 is 23.6 Å². The van der Waals surface area contributed by atoms with Crippen molar-refractivity contribution in [2.75, 3.05) is 5.32 Å². The number of alkyl halides is 3. The molecule has 1 heterocycles. The summed E-state index contributed by atoms with van der Waals surface area (Å²) in [4.78, 5) is 17.2. The molecule has 0 aliphatic heterocycles. The maximum Gasteiger partial charge on any atom is 0.416 e. The number of carbonyl (C=O) groups excluding carboxylic acids is 1. The van der Waals surface area contributed by atoms with Gasteiger partial charge in [-0.15, -0.1) is 0 Å². The maximum absolute atomic E-state index is 13.6. The topological polar surface area (TPSA) is 62.2 Å². The lowest BCUT2D eigenvalue weighted by Gasteiger charge is -2.46. The van der Waals surface area contributed by atoms with Crippen LogP contribution in [0.3, 0.4) is 0 Å². The van der Waals surface area contributed by atoms with Crippen molar-refractivity contribution in [3.63, 3.8) is 0 Å². The van der Waals surface area contributed by atoms with Gasteiger partial charge in [0.15, 0.2) is 5.60 Å². The zero-order valence-corrected chi connectivity index (χ0v) is 21.4. The van der Waals surface area contributed by atoms with Crippen LogP contribution in [0.5, 0.6) is 0 Å². The number of aromatic nitrogens is 1. The molecule has 7 heteroatoms. The van der Waals surface area contributed by atoms with Gasteiger partial charge >= 0.3 is 6.18 Å². The monoisotopic (exact) mass is 510 g/mol. The molecule has 4 nitrogen and oxygen atoms in total. The van der Waals surface area contributed by atoms with Crippen LogP contribution < -0.4 is 5.32 Å². The van der Waals surface area contributed by atoms with Crippen molar-refractivity contribution in [2.45, 2.75) is 70.1 Å². The van der Waals surface area contributed by atoms with Crippen LogP contribution in [0, 0.1) is 12.8 Å². The SMILES string of the molecule is Cc1ncccc1NC(=O)c1ccc2c(c1)CCC(C)[C@]2(CC[C@](C)(O)C(F)(F)F)Cc1ccccc1. The van der Waals surface area contributed by atoms with Crippen LogP contribution in [0.1, 0.15) is 65.9 Å². The Balaban J connectivity index is 1.71. The summed E-state index contributed by atoms with van der Waals surface area (Å²) in [6.07, 6.45) is -1.23. The highest BCUT2D eigenvalue weighted by Gasteiger charge is 2.52. The fraction of sp³-hybridized carbons (Fsp3) is 0.400. The van der Waals surface area contributed by atoms with Crippen LogP contribution >= 0.6 is 0 Å². The zero-order chi connectivity index (χ0) is 26.8. The van der Waals surface area contributed by atoms with E-state index in [-0.39, 0.29) is 18.2 Å². The molecule has 1 unspecified atom stereocenters. The van der Waals surface area contributed by atoms with Crippen molar-refractivity contribution in [1.82, 2.24) is 4.98 Å². The number of aryl methyl sites for hydroxylation is 2. The molecule has 0 saturated heterocycles. The zero-order valence-electron chi connectivity index (χ0n) is 21.4. The first-order chi connectivity index (χ1) is 17.4. The van der Waals surface area contributed by atoms with E-state index >= 15 is 0 Å². The molecule has 1 aromatic heterocycles. The standard InChI is InChI=1S/C30H33F3N2O2/c1-20-11-12-23-18-24(27(36)35-26-10-7-17-34-21(26)2)13-14-25(23)29(20,19-22-8-5-4-6-9-22)16-15-28(3,37)30(31,32)33/h4-10,13-14,17-18,20,37H,11-12,15-16,19H2,1-3H3,(H,35,36)/t20?,28-,29-/m0/s1. The third-order valence-corrected chi connectivity index (χ3v) is 7.98. The Kier molecular flexibility index (Phi) is 7.47. The van der Waals surface area contributed by atoms with Crippen LogP contribution in [0.4, 0.5) is 18.9 Å². The van der Waals surface area contributed by atoms with Gasteiger partial charge in [-0.1, -0.05) is 43.3 Å². The molecular formula is C30H33F3N2O2. The molecule has 2 N–H and O–H groups in total. The van der Waals surface area contributed by atoms with Crippen molar-refractivity contribution in [3.8, 4) is 0 Å². The molecule has 196 valence electrons. The minimum atomic E-state index is -4.71. The number of anilines is 1. The molecule has 0 spiro atoms. The second kappa shape index (κ2) is 10.3. The number of rotatable bonds is 7. The van der Waals surface area contributed by atoms with Crippen LogP contribution in [0.2, 0.25) is 0 Å². The Bertz CT molecular complexity index is 1260. The van der Waals surface area contributed by atoms with E-state index in [9.17, 15) is 23.1 Å². The van der Waals surface area contributed by atoms with E-state index in [4.69, 9.17) is 0 Å². The number of halogens is 3. The number of nitrogens with one attached hydrogen (secondary N) is 1. The number of aliphatic hydroxyl groups is 1. The second-order valence-corrected chi connectivity index (χ2v) is 10.5. The van der Waals surface area contributed by atoms with Gasteiger partial charge in [-0.05, 0) is 92.8 Å². The summed E-state index contributed by atoms with van der Waals surface area (Å²) in [5, 5.41) is 13.2. The lowest BCUT2D eigenvalue weighted by Crippen LogP contribution is -2.46. The fourth-order valence-corrected chi connectivity index (χ4v) is 5.46. The Hall–Kier alpha value is -3.19. The van der Waals surface area contributed by atoms with Crippen molar-refractivity contribution >= 4 is 11.6 Å². The number of nitrogens with zero attached hydrogens (tertiary/aromatic N) is 1. The average Bonchev–Trinajstić information content (AvgIpc) is 2.86. The fourth-order valence-electron chi connectivity index (χ4n) is 5.46. The Morgan fingerprint density at radius 1 is 1.14 bits per heavy atom. The molecule has 3 aromatic rings. The summed E-state index contributed by atoms with van der Waals surface area (Å²) < 4.78 is 40.7. The molecule has 0 radical (unpaired) electrons. The predicted octanol–water partition coefficient (Wildman–Crippen LogP) is 6.80. The summed E-state index contributed by atoms with van der Waals surface area (Å²) in [5.41, 5.74) is 1.40. The summed E-state index contributed by atoms with van der Waals surface area (Å²) >= 11 is 0. The molecule has 2 aromatic carbocycles. The lowest BCUT2D eigenvalue weighted by molar-refractivity contribution is -0.256. The van der Waals surface area contributed by atoms with Crippen molar-refractivity contribution in [2.24, 2.45) is 5.92 Å². The summed E-state index contributed by atoms with van der Waals surface area (Å²) in [6, 6.07) is 18.8. The largest absolute Gasteiger partial charge is 0.416 e. The predicted molar refractivity (Wildman–Crippen MR) is 139 cm³/mol. The molecule has 37 heavy (non-hydrogen) atoms. The highest BCUT2D eigenvalue weighted by molar-refractivity contribution is 6.04. The summed E-state index contributed by atoms with van der Waals surface area (Å²) in [6.45, 7) is 4.75. The number of hydrogen-bond acceptors (Lipinski definition) is 3. The first kappa shape index (κ1) is 26.9. The molecular weight excluding hydrogens is 477 g/mol. The number of fused-ring (bicyclic) bond motifs is 1. The van der Waals surface area contributed by atoms with Gasteiger partial charge in [0.25, 0.3) is 5.91 Å². The van der Waals surface area contributed by atoms with Crippen molar-refractivity contribution in [1.29, 1.82) is 0 Å². The smallest absolute Gasteiger partial charge is 0.381 e. The molecule has 0 bridgehead atoms. The maximum atomic E-state index is 13.6. The molecule has 1 aliphatic rings. The highest BCUT2D eigenvalue weighted by Crippen LogP contribution is 2.49. The van der Waals surface area contributed by atoms with E-state index in [1.165, 1.54) is 0 Å². The quantitative estimate of drug-likeness (QED) is 0.368. The second-order valence-electron chi connectivity index (χ2n) is 10.5. The number of benzene rings is 2. The first-order valence-corrected chi connectivity index (χ1v) is 12.6. The molecule has 1 amide bonds. The van der Waals surface area contributed by atoms with Gasteiger partial charge in [0.05, 0.1) is 11.4 Å².